The lowest BCUT2D eigenvalue weighted by Crippen LogP contribution is -1.97. The lowest BCUT2D eigenvalue weighted by Gasteiger charge is -2.09. The van der Waals surface area contributed by atoms with Crippen LogP contribution >= 0.6 is 34.4 Å². The van der Waals surface area contributed by atoms with Crippen molar-refractivity contribution in [3.63, 3.8) is 0 Å². The van der Waals surface area contributed by atoms with E-state index in [1.54, 1.807) is 11.8 Å². The van der Waals surface area contributed by atoms with Gasteiger partial charge in [0.2, 0.25) is 0 Å². The molecule has 0 amide bonds. The van der Waals surface area contributed by atoms with Crippen LogP contribution in [0.15, 0.2) is 17.0 Å². The Hall–Kier alpha value is -0.230. The van der Waals surface area contributed by atoms with Crippen LogP contribution in [0.1, 0.15) is 21.5 Å². The van der Waals surface area contributed by atoms with Gasteiger partial charge in [-0.2, -0.15) is 0 Å². The summed E-state index contributed by atoms with van der Waals surface area (Å²) in [6, 6.07) is 3.95. The zero-order chi connectivity index (χ0) is 10.8. The van der Waals surface area contributed by atoms with Crippen molar-refractivity contribution in [1.29, 1.82) is 0 Å². The van der Waals surface area contributed by atoms with E-state index in [1.807, 2.05) is 6.07 Å². The van der Waals surface area contributed by atoms with Gasteiger partial charge in [-0.3, -0.25) is 0 Å². The Kier molecular flexibility index (Phi) is 3.56. The van der Waals surface area contributed by atoms with Crippen LogP contribution < -0.4 is 0 Å². The van der Waals surface area contributed by atoms with Gasteiger partial charge < -0.3 is 4.74 Å². The fraction of sp³-hybridized carbons (Fsp3) is 0.364. The molecule has 1 aromatic rings. The van der Waals surface area contributed by atoms with Crippen molar-refractivity contribution in [1.82, 2.24) is 0 Å². The molecule has 1 heterocycles. The van der Waals surface area contributed by atoms with Gasteiger partial charge in [0, 0.05) is 14.9 Å². The summed E-state index contributed by atoms with van der Waals surface area (Å²) in [5.74, 6) is -0.179. The molecular weight excluding hydrogens is 323 g/mol. The zero-order valence-corrected chi connectivity index (χ0v) is 11.4. The van der Waals surface area contributed by atoms with Gasteiger partial charge in [-0.1, -0.05) is 28.7 Å². The van der Waals surface area contributed by atoms with E-state index in [1.165, 1.54) is 10.5 Å². The summed E-state index contributed by atoms with van der Waals surface area (Å²) in [6.07, 6.45) is 3.10. The summed E-state index contributed by atoms with van der Waals surface area (Å²) in [4.78, 5) is 12.6. The Morgan fingerprint density at radius 2 is 2.33 bits per heavy atom. The van der Waals surface area contributed by atoms with E-state index in [2.05, 4.69) is 34.9 Å². The molecule has 0 saturated heterocycles. The molecule has 2 nitrogen and oxygen atoms in total. The maximum absolute atomic E-state index is 11.4. The monoisotopic (exact) mass is 334 g/mol. The van der Waals surface area contributed by atoms with Crippen LogP contribution in [0.25, 0.3) is 0 Å². The number of benzene rings is 1. The van der Waals surface area contributed by atoms with E-state index in [0.29, 0.717) is 6.61 Å². The largest absolute Gasteiger partial charge is 0.457 e. The summed E-state index contributed by atoms with van der Waals surface area (Å²) >= 11 is 4.08. The molecule has 0 unspecified atom stereocenters. The number of ether oxygens (including phenoxy) is 1. The highest BCUT2D eigenvalue weighted by Gasteiger charge is 2.24. The maximum Gasteiger partial charge on any atom is 0.338 e. The fourth-order valence-electron chi connectivity index (χ4n) is 1.78. The van der Waals surface area contributed by atoms with Crippen LogP contribution in [0.5, 0.6) is 0 Å². The Morgan fingerprint density at radius 1 is 1.53 bits per heavy atom. The minimum Gasteiger partial charge on any atom is -0.457 e. The highest BCUT2D eigenvalue weighted by molar-refractivity contribution is 14.1. The first-order valence-corrected chi connectivity index (χ1v) is 7.44. The topological polar surface area (TPSA) is 26.3 Å². The molecule has 0 atom stereocenters. The lowest BCUT2D eigenvalue weighted by atomic mass is 10.0. The third-order valence-electron chi connectivity index (χ3n) is 2.48. The number of cyclic esters (lactones) is 1. The maximum atomic E-state index is 11.4. The summed E-state index contributed by atoms with van der Waals surface area (Å²) in [5, 5.41) is 0. The second kappa shape index (κ2) is 4.74. The summed E-state index contributed by atoms with van der Waals surface area (Å²) < 4.78 is 6.14. The molecule has 15 heavy (non-hydrogen) atoms. The molecule has 0 saturated carbocycles. The summed E-state index contributed by atoms with van der Waals surface area (Å²) in [6.45, 7) is 0.444. The number of aryl methyl sites for hydroxylation is 1. The molecule has 1 aliphatic heterocycles. The molecule has 0 spiro atoms. The number of hydrogen-bond donors (Lipinski definition) is 0. The van der Waals surface area contributed by atoms with Crippen LogP contribution in [0, 0.1) is 0 Å². The number of rotatable bonds is 3. The molecule has 80 valence electrons. The van der Waals surface area contributed by atoms with Crippen molar-refractivity contribution < 1.29 is 9.53 Å². The van der Waals surface area contributed by atoms with E-state index in [-0.39, 0.29) is 5.97 Å². The third-order valence-corrected chi connectivity index (χ3v) is 3.93. The lowest BCUT2D eigenvalue weighted by molar-refractivity contribution is 0.0534. The second-order valence-electron chi connectivity index (χ2n) is 3.30. The first-order valence-electron chi connectivity index (χ1n) is 4.69. The number of hydrogen-bond acceptors (Lipinski definition) is 3. The quantitative estimate of drug-likeness (QED) is 0.368. The van der Waals surface area contributed by atoms with E-state index >= 15 is 0 Å². The van der Waals surface area contributed by atoms with Crippen molar-refractivity contribution in [3.05, 3.63) is 28.8 Å². The minimum absolute atomic E-state index is 0.179. The number of carbonyl (C=O) groups is 1. The molecule has 4 heteroatoms. The first kappa shape index (κ1) is 11.3. The van der Waals surface area contributed by atoms with Gasteiger partial charge in [-0.05, 0) is 24.3 Å². The van der Waals surface area contributed by atoms with Crippen molar-refractivity contribution in [2.75, 3.05) is 10.7 Å². The van der Waals surface area contributed by atoms with Crippen molar-refractivity contribution >= 4 is 40.3 Å². The van der Waals surface area contributed by atoms with Crippen LogP contribution in [-0.4, -0.2) is 16.7 Å². The van der Waals surface area contributed by atoms with Gasteiger partial charge in [-0.25, -0.2) is 4.79 Å². The van der Waals surface area contributed by atoms with Crippen LogP contribution in [-0.2, 0) is 17.8 Å². The van der Waals surface area contributed by atoms with E-state index in [9.17, 15) is 4.79 Å². The van der Waals surface area contributed by atoms with Crippen molar-refractivity contribution in [2.45, 2.75) is 17.9 Å². The number of carbonyl (C=O) groups excluding carboxylic acids is 1. The number of halogens is 1. The van der Waals surface area contributed by atoms with Gasteiger partial charge >= 0.3 is 5.97 Å². The predicted octanol–water partition coefficient (Wildman–Crippen LogP) is 3.06. The van der Waals surface area contributed by atoms with Crippen LogP contribution in [0.4, 0.5) is 0 Å². The standard InChI is InChI=1S/C11H11IO2S/c1-15-10-7(4-5-12)2-3-8-9(10)6-14-11(8)13/h2-3H,4-6H2,1H3. The number of esters is 1. The number of fused-ring (bicyclic) bond motifs is 1. The molecule has 0 N–H and O–H groups in total. The average molecular weight is 334 g/mol. The Labute approximate surface area is 107 Å². The summed E-state index contributed by atoms with van der Waals surface area (Å²) in [5.41, 5.74) is 3.15. The smallest absolute Gasteiger partial charge is 0.338 e. The predicted molar refractivity (Wildman–Crippen MR) is 69.9 cm³/mol. The first-order chi connectivity index (χ1) is 7.27. The Bertz CT molecular complexity index is 404. The van der Waals surface area contributed by atoms with Gasteiger partial charge in [0.1, 0.15) is 6.61 Å². The molecule has 1 aliphatic rings. The minimum atomic E-state index is -0.179. The SMILES string of the molecule is CSc1c(CCI)ccc2c1COC2=O. The number of alkyl halides is 1. The number of thioether (sulfide) groups is 1. The Morgan fingerprint density at radius 3 is 3.00 bits per heavy atom. The second-order valence-corrected chi connectivity index (χ2v) is 5.19. The van der Waals surface area contributed by atoms with Gasteiger partial charge in [-0.15, -0.1) is 11.8 Å². The average Bonchev–Trinajstić information content (AvgIpc) is 2.61. The highest BCUT2D eigenvalue weighted by atomic mass is 127. The van der Waals surface area contributed by atoms with Gasteiger partial charge in [0.25, 0.3) is 0 Å². The third kappa shape index (κ3) is 2.01. The molecule has 2 rings (SSSR count). The fourth-order valence-corrected chi connectivity index (χ4v) is 3.21. The van der Waals surface area contributed by atoms with E-state index in [4.69, 9.17) is 4.74 Å². The zero-order valence-electron chi connectivity index (χ0n) is 8.38. The molecule has 0 aliphatic carbocycles. The van der Waals surface area contributed by atoms with Crippen molar-refractivity contribution in [3.8, 4) is 0 Å². The van der Waals surface area contributed by atoms with E-state index in [0.717, 1.165) is 22.0 Å². The molecule has 0 fully saturated rings. The van der Waals surface area contributed by atoms with Gasteiger partial charge in [0.15, 0.2) is 0 Å². The normalized spacial score (nSPS) is 13.9. The molecule has 0 bridgehead atoms. The van der Waals surface area contributed by atoms with Gasteiger partial charge in [0.05, 0.1) is 5.56 Å². The highest BCUT2D eigenvalue weighted by Crippen LogP contribution is 2.33. The van der Waals surface area contributed by atoms with Crippen molar-refractivity contribution in [2.24, 2.45) is 0 Å². The molecule has 0 radical (unpaired) electrons. The summed E-state index contributed by atoms with van der Waals surface area (Å²) in [7, 11) is 0. The van der Waals surface area contributed by atoms with Crippen LogP contribution in [0.3, 0.4) is 0 Å². The van der Waals surface area contributed by atoms with Crippen LogP contribution in [0.2, 0.25) is 0 Å². The molecule has 1 aromatic carbocycles. The molecule has 0 aromatic heterocycles. The van der Waals surface area contributed by atoms with E-state index < -0.39 is 0 Å². The Balaban J connectivity index is 2.50. The molecular formula is C11H11IO2S.